The van der Waals surface area contributed by atoms with Crippen LogP contribution in [0, 0.1) is 5.82 Å². The predicted molar refractivity (Wildman–Crippen MR) is 214 cm³/mol. The number of carbonyl (C=O) groups is 4. The van der Waals surface area contributed by atoms with Crippen LogP contribution in [0.4, 0.5) is 15.2 Å². The number of imidazole rings is 1. The van der Waals surface area contributed by atoms with Crippen molar-refractivity contribution in [3.63, 3.8) is 0 Å². The van der Waals surface area contributed by atoms with E-state index < -0.39 is 23.7 Å². The molecule has 14 heteroatoms. The normalized spacial score (nSPS) is 18.9. The molecule has 2 saturated heterocycles. The summed E-state index contributed by atoms with van der Waals surface area (Å²) in [7, 11) is 2.15. The second-order valence-corrected chi connectivity index (χ2v) is 16.3. The van der Waals surface area contributed by atoms with E-state index in [1.807, 2.05) is 28.8 Å². The molecular formula is C43H43FN8O4S. The Labute approximate surface area is 333 Å². The lowest BCUT2D eigenvalue weighted by Crippen LogP contribution is -2.43. The van der Waals surface area contributed by atoms with Crippen LogP contribution in [0.3, 0.4) is 0 Å². The van der Waals surface area contributed by atoms with Crippen LogP contribution in [0.1, 0.15) is 82.5 Å². The lowest BCUT2D eigenvalue weighted by atomic mass is 9.89. The molecule has 2 unspecified atom stereocenters. The van der Waals surface area contributed by atoms with Gasteiger partial charge in [-0.1, -0.05) is 36.4 Å². The van der Waals surface area contributed by atoms with Gasteiger partial charge in [-0.25, -0.2) is 14.4 Å². The van der Waals surface area contributed by atoms with Gasteiger partial charge in [-0.2, -0.15) is 0 Å². The van der Waals surface area contributed by atoms with E-state index in [9.17, 15) is 19.2 Å². The van der Waals surface area contributed by atoms with Gasteiger partial charge in [-0.15, -0.1) is 11.3 Å². The second kappa shape index (κ2) is 15.3. The standard InChI is InChI=1S/C43H43FN8O4S/c1-49(23-26-4-2-5-28(20-26)32-11-12-37(53)47-40(32)54)30-13-17-50(18-14-30)31-9-7-27(8-10-31)29-21-33-34(35(44)22-29)24-52(42(33)56)39(41(55)48-43-45-15-19-57-43)38-36-6-3-16-51(36)25-46-38/h2,4-5,7-10,15,19-22,25,30,32,39H,3,6,11-14,16-18,23-24H2,1H3,(H,45,48,55)(H,47,53,54). The molecule has 12 nitrogen and oxygen atoms in total. The zero-order chi connectivity index (χ0) is 39.2. The van der Waals surface area contributed by atoms with Gasteiger partial charge in [0, 0.05) is 72.7 Å². The number of halogens is 1. The largest absolute Gasteiger partial charge is 0.371 e. The minimum absolute atomic E-state index is 0.0403. The summed E-state index contributed by atoms with van der Waals surface area (Å²) in [6.45, 7) is 3.31. The average molecular weight is 787 g/mol. The molecular weight excluding hydrogens is 744 g/mol. The highest BCUT2D eigenvalue weighted by atomic mass is 32.1. The van der Waals surface area contributed by atoms with E-state index in [0.717, 1.165) is 79.9 Å². The molecule has 2 aromatic heterocycles. The number of amides is 4. The van der Waals surface area contributed by atoms with E-state index in [0.29, 0.717) is 35.3 Å². The van der Waals surface area contributed by atoms with Crippen molar-refractivity contribution in [2.24, 2.45) is 0 Å². The molecule has 4 amide bonds. The third kappa shape index (κ3) is 7.23. The number of aryl methyl sites for hydroxylation is 1. The van der Waals surface area contributed by atoms with Crippen molar-refractivity contribution in [1.82, 2.24) is 29.7 Å². The molecule has 0 radical (unpaired) electrons. The molecule has 2 atom stereocenters. The smallest absolute Gasteiger partial charge is 0.255 e. The van der Waals surface area contributed by atoms with Crippen LogP contribution in [0.5, 0.6) is 0 Å². The van der Waals surface area contributed by atoms with Crippen molar-refractivity contribution in [2.75, 3.05) is 30.4 Å². The number of aromatic nitrogens is 3. The van der Waals surface area contributed by atoms with Crippen molar-refractivity contribution >= 4 is 45.8 Å². The van der Waals surface area contributed by atoms with E-state index in [1.165, 1.54) is 22.3 Å². The Morgan fingerprint density at radius 3 is 2.60 bits per heavy atom. The maximum atomic E-state index is 15.9. The number of benzene rings is 3. The van der Waals surface area contributed by atoms with Gasteiger partial charge in [0.05, 0.1) is 24.5 Å². The minimum atomic E-state index is -1.04. The Morgan fingerprint density at radius 1 is 1.00 bits per heavy atom. The lowest BCUT2D eigenvalue weighted by molar-refractivity contribution is -0.134. The Balaban J connectivity index is 0.856. The topological polar surface area (TPSA) is 133 Å². The zero-order valence-corrected chi connectivity index (χ0v) is 32.4. The molecule has 0 bridgehead atoms. The molecule has 2 N–H and O–H groups in total. The second-order valence-electron chi connectivity index (χ2n) is 15.4. The number of thiazole rings is 1. The summed E-state index contributed by atoms with van der Waals surface area (Å²) in [4.78, 5) is 67.0. The highest BCUT2D eigenvalue weighted by Gasteiger charge is 2.42. The van der Waals surface area contributed by atoms with Gasteiger partial charge in [0.25, 0.3) is 11.8 Å². The number of hydrogen-bond acceptors (Lipinski definition) is 9. The number of rotatable bonds is 10. The van der Waals surface area contributed by atoms with Gasteiger partial charge in [-0.3, -0.25) is 34.7 Å². The highest BCUT2D eigenvalue weighted by Crippen LogP contribution is 2.38. The van der Waals surface area contributed by atoms with Gasteiger partial charge in [0.15, 0.2) is 11.2 Å². The first-order chi connectivity index (χ1) is 27.7. The molecule has 4 aliphatic rings. The van der Waals surface area contributed by atoms with Gasteiger partial charge in [0.2, 0.25) is 11.8 Å². The summed E-state index contributed by atoms with van der Waals surface area (Å²) < 4.78 is 17.9. The van der Waals surface area contributed by atoms with Crippen LogP contribution < -0.4 is 15.5 Å². The van der Waals surface area contributed by atoms with Crippen LogP contribution in [0.2, 0.25) is 0 Å². The van der Waals surface area contributed by atoms with Gasteiger partial charge >= 0.3 is 0 Å². The van der Waals surface area contributed by atoms with Crippen molar-refractivity contribution in [1.29, 1.82) is 0 Å². The maximum Gasteiger partial charge on any atom is 0.255 e. The predicted octanol–water partition coefficient (Wildman–Crippen LogP) is 6.05. The molecule has 9 rings (SSSR count). The monoisotopic (exact) mass is 786 g/mol. The molecule has 0 aliphatic carbocycles. The summed E-state index contributed by atoms with van der Waals surface area (Å²) >= 11 is 1.29. The van der Waals surface area contributed by atoms with E-state index >= 15 is 4.39 Å². The first kappa shape index (κ1) is 36.9. The number of nitrogens with one attached hydrogen (secondary N) is 2. The lowest BCUT2D eigenvalue weighted by Gasteiger charge is -2.38. The average Bonchev–Trinajstić information content (AvgIpc) is 4.03. The fraction of sp³-hybridized carbons (Fsp3) is 0.349. The number of hydrogen-bond donors (Lipinski definition) is 2. The van der Waals surface area contributed by atoms with Crippen molar-refractivity contribution in [3.05, 3.63) is 118 Å². The summed E-state index contributed by atoms with van der Waals surface area (Å²) in [6.07, 6.45) is 7.88. The number of fused-ring (bicyclic) bond motifs is 2. The fourth-order valence-corrected chi connectivity index (χ4v) is 9.46. The Morgan fingerprint density at radius 2 is 1.82 bits per heavy atom. The summed E-state index contributed by atoms with van der Waals surface area (Å²) in [5.74, 6) is -2.03. The third-order valence-corrected chi connectivity index (χ3v) is 12.7. The minimum Gasteiger partial charge on any atom is -0.371 e. The van der Waals surface area contributed by atoms with Crippen LogP contribution in [0.15, 0.2) is 78.6 Å². The van der Waals surface area contributed by atoms with Gasteiger partial charge in [-0.05, 0) is 85.7 Å². The van der Waals surface area contributed by atoms with E-state index in [4.69, 9.17) is 0 Å². The molecule has 2 fully saturated rings. The molecule has 0 saturated carbocycles. The summed E-state index contributed by atoms with van der Waals surface area (Å²) in [5, 5.41) is 7.50. The maximum absolute atomic E-state index is 15.9. The Bertz CT molecular complexity index is 2350. The van der Waals surface area contributed by atoms with Crippen LogP contribution in [0.25, 0.3) is 11.1 Å². The Hall–Kier alpha value is -5.73. The molecule has 4 aliphatic heterocycles. The zero-order valence-electron chi connectivity index (χ0n) is 31.6. The van der Waals surface area contributed by atoms with Crippen LogP contribution in [-0.4, -0.2) is 74.1 Å². The quantitative estimate of drug-likeness (QED) is 0.164. The summed E-state index contributed by atoms with van der Waals surface area (Å²) in [6, 6.07) is 18.8. The number of carbonyl (C=O) groups excluding carboxylic acids is 4. The van der Waals surface area contributed by atoms with Crippen molar-refractivity contribution in [3.8, 4) is 11.1 Å². The van der Waals surface area contributed by atoms with Crippen molar-refractivity contribution < 1.29 is 23.6 Å². The number of anilines is 2. The number of imide groups is 1. The number of nitrogens with zero attached hydrogens (tertiary/aromatic N) is 6. The molecule has 292 valence electrons. The molecule has 5 aromatic rings. The van der Waals surface area contributed by atoms with E-state index in [-0.39, 0.29) is 35.4 Å². The van der Waals surface area contributed by atoms with Gasteiger partial charge in [0.1, 0.15) is 5.82 Å². The van der Waals surface area contributed by atoms with E-state index in [2.05, 4.69) is 61.7 Å². The van der Waals surface area contributed by atoms with Crippen molar-refractivity contribution in [2.45, 2.75) is 76.2 Å². The molecule has 6 heterocycles. The van der Waals surface area contributed by atoms with E-state index in [1.54, 1.807) is 24.0 Å². The molecule has 3 aromatic carbocycles. The number of piperidine rings is 2. The first-order valence-corrected chi connectivity index (χ1v) is 20.4. The molecule has 0 spiro atoms. The fourth-order valence-electron chi connectivity index (χ4n) is 8.93. The van der Waals surface area contributed by atoms with Crippen LogP contribution >= 0.6 is 11.3 Å². The Kier molecular flexibility index (Phi) is 9.91. The highest BCUT2D eigenvalue weighted by molar-refractivity contribution is 7.13. The summed E-state index contributed by atoms with van der Waals surface area (Å²) in [5.41, 5.74) is 6.55. The third-order valence-electron chi connectivity index (χ3n) is 12.0. The van der Waals surface area contributed by atoms with Crippen LogP contribution in [-0.2, 0) is 40.4 Å². The molecule has 57 heavy (non-hydrogen) atoms. The van der Waals surface area contributed by atoms with Gasteiger partial charge < -0.3 is 14.4 Å². The SMILES string of the molecule is CN(Cc1cccc(C2CCC(=O)NC2=O)c1)C1CCN(c2ccc(-c3cc(F)c4c(c3)C(=O)N(C(C(=O)Nc3nccs3)c3ncn5c3CCC5)C4)cc2)CC1. The first-order valence-electron chi connectivity index (χ1n) is 19.6.